The molecule has 0 spiro atoms. The van der Waals surface area contributed by atoms with Crippen LogP contribution in [-0.4, -0.2) is 24.8 Å². The summed E-state index contributed by atoms with van der Waals surface area (Å²) in [6.45, 7) is 4.33. The van der Waals surface area contributed by atoms with Gasteiger partial charge in [-0.25, -0.2) is 0 Å². The minimum Gasteiger partial charge on any atom is -0.497 e. The molecule has 4 heteroatoms. The Bertz CT molecular complexity index is 1020. The van der Waals surface area contributed by atoms with Crippen LogP contribution in [0.2, 0.25) is 0 Å². The van der Waals surface area contributed by atoms with Crippen LogP contribution in [-0.2, 0) is 22.6 Å². The topological polar surface area (TPSA) is 55.8 Å². The number of aliphatic hydroxyl groups excluding tert-OH is 1. The Labute approximate surface area is 178 Å². The van der Waals surface area contributed by atoms with Crippen LogP contribution in [0.4, 0.5) is 0 Å². The summed E-state index contributed by atoms with van der Waals surface area (Å²) in [5.74, 6) is 0.579. The molecule has 3 rings (SSSR count). The second kappa shape index (κ2) is 10.1. The van der Waals surface area contributed by atoms with Gasteiger partial charge in [0, 0.05) is 6.42 Å². The molecule has 0 aliphatic heterocycles. The summed E-state index contributed by atoms with van der Waals surface area (Å²) < 4.78 is 10.5. The van der Waals surface area contributed by atoms with E-state index in [2.05, 4.69) is 25.1 Å². The first-order valence-corrected chi connectivity index (χ1v) is 10.2. The average Bonchev–Trinajstić information content (AvgIpc) is 2.78. The van der Waals surface area contributed by atoms with Gasteiger partial charge in [0.15, 0.2) is 0 Å². The van der Waals surface area contributed by atoms with Crippen molar-refractivity contribution in [3.8, 4) is 28.0 Å². The number of carbonyl (C=O) groups excluding carboxylic acids is 1. The fourth-order valence-electron chi connectivity index (χ4n) is 3.63. The molecule has 4 nitrogen and oxygen atoms in total. The van der Waals surface area contributed by atoms with Crippen molar-refractivity contribution >= 4 is 5.97 Å². The van der Waals surface area contributed by atoms with Gasteiger partial charge in [-0.05, 0) is 77.4 Å². The van der Waals surface area contributed by atoms with E-state index < -0.39 is 0 Å². The van der Waals surface area contributed by atoms with Crippen molar-refractivity contribution in [2.24, 2.45) is 0 Å². The number of esters is 1. The van der Waals surface area contributed by atoms with Crippen LogP contribution in [0.25, 0.3) is 22.3 Å². The number of aryl methyl sites for hydroxylation is 2. The van der Waals surface area contributed by atoms with Crippen molar-refractivity contribution in [3.63, 3.8) is 0 Å². The zero-order valence-corrected chi connectivity index (χ0v) is 17.8. The van der Waals surface area contributed by atoms with Crippen LogP contribution < -0.4 is 4.74 Å². The molecule has 1 N–H and O–H groups in total. The normalized spacial score (nSPS) is 10.7. The molecule has 0 unspecified atom stereocenters. The lowest BCUT2D eigenvalue weighted by atomic mass is 9.91. The molecule has 0 aromatic heterocycles. The first-order chi connectivity index (χ1) is 14.5. The molecule has 0 heterocycles. The van der Waals surface area contributed by atoms with Crippen LogP contribution in [0, 0.1) is 6.92 Å². The summed E-state index contributed by atoms with van der Waals surface area (Å²) in [6, 6.07) is 20.3. The Morgan fingerprint density at radius 1 is 0.967 bits per heavy atom. The van der Waals surface area contributed by atoms with Gasteiger partial charge in [-0.15, -0.1) is 0 Å². The van der Waals surface area contributed by atoms with Crippen LogP contribution in [0.5, 0.6) is 5.75 Å². The lowest BCUT2D eigenvalue weighted by Gasteiger charge is -2.15. The zero-order chi connectivity index (χ0) is 21.5. The van der Waals surface area contributed by atoms with E-state index in [1.165, 1.54) is 0 Å². The van der Waals surface area contributed by atoms with E-state index in [9.17, 15) is 9.90 Å². The quantitative estimate of drug-likeness (QED) is 0.516. The Morgan fingerprint density at radius 2 is 1.73 bits per heavy atom. The highest BCUT2D eigenvalue weighted by molar-refractivity contribution is 5.77. The maximum absolute atomic E-state index is 11.9. The third kappa shape index (κ3) is 5.08. The minimum atomic E-state index is -0.192. The summed E-state index contributed by atoms with van der Waals surface area (Å²) in [4.78, 5) is 11.9. The summed E-state index contributed by atoms with van der Waals surface area (Å²) >= 11 is 0. The Balaban J connectivity index is 1.95. The van der Waals surface area contributed by atoms with Crippen LogP contribution in [0.15, 0.2) is 60.7 Å². The Morgan fingerprint density at radius 3 is 2.43 bits per heavy atom. The van der Waals surface area contributed by atoms with Crippen molar-refractivity contribution in [1.29, 1.82) is 0 Å². The number of aliphatic hydroxyl groups is 1. The second-order valence-electron chi connectivity index (χ2n) is 7.22. The number of hydrogen-bond acceptors (Lipinski definition) is 4. The summed E-state index contributed by atoms with van der Waals surface area (Å²) in [7, 11) is 1.64. The highest BCUT2D eigenvalue weighted by Gasteiger charge is 2.13. The van der Waals surface area contributed by atoms with Gasteiger partial charge in [0.25, 0.3) is 0 Å². The average molecular weight is 405 g/mol. The van der Waals surface area contributed by atoms with Crippen LogP contribution >= 0.6 is 0 Å². The molecule has 156 valence electrons. The lowest BCUT2D eigenvalue weighted by molar-refractivity contribution is -0.143. The Hall–Kier alpha value is -3.11. The van der Waals surface area contributed by atoms with Crippen molar-refractivity contribution in [1.82, 2.24) is 0 Å². The van der Waals surface area contributed by atoms with Gasteiger partial charge in [0.05, 0.1) is 20.3 Å². The van der Waals surface area contributed by atoms with Crippen molar-refractivity contribution in [3.05, 3.63) is 77.4 Å². The first kappa shape index (κ1) is 21.6. The van der Waals surface area contributed by atoms with E-state index in [-0.39, 0.29) is 12.6 Å². The highest BCUT2D eigenvalue weighted by Crippen LogP contribution is 2.33. The number of benzene rings is 3. The molecule has 0 fully saturated rings. The molecule has 0 saturated heterocycles. The Kier molecular flexibility index (Phi) is 7.26. The van der Waals surface area contributed by atoms with E-state index in [4.69, 9.17) is 9.47 Å². The van der Waals surface area contributed by atoms with Crippen molar-refractivity contribution in [2.75, 3.05) is 13.7 Å². The van der Waals surface area contributed by atoms with E-state index in [0.717, 1.165) is 44.7 Å². The first-order valence-electron chi connectivity index (χ1n) is 10.2. The molecule has 0 aliphatic rings. The predicted octanol–water partition coefficient (Wildman–Crippen LogP) is 5.33. The maximum Gasteiger partial charge on any atom is 0.306 e. The van der Waals surface area contributed by atoms with Gasteiger partial charge in [-0.1, -0.05) is 42.5 Å². The highest BCUT2D eigenvalue weighted by atomic mass is 16.5. The summed E-state index contributed by atoms with van der Waals surface area (Å²) in [5, 5.41) is 9.41. The fourth-order valence-corrected chi connectivity index (χ4v) is 3.63. The molecule has 3 aromatic carbocycles. The number of hydrogen-bond donors (Lipinski definition) is 1. The molecule has 0 radical (unpaired) electrons. The number of carbonyl (C=O) groups is 1. The lowest BCUT2D eigenvalue weighted by Crippen LogP contribution is -2.06. The minimum absolute atomic E-state index is 0.0284. The molecular weight excluding hydrogens is 376 g/mol. The number of methoxy groups -OCH3 is 1. The van der Waals surface area contributed by atoms with E-state index in [0.29, 0.717) is 19.4 Å². The van der Waals surface area contributed by atoms with Crippen molar-refractivity contribution < 1.29 is 19.4 Å². The standard InChI is InChI=1S/C26H28O4/c1-4-30-26(28)13-9-22-16-23(29-3)10-12-25(22)24-11-8-21(14-18(24)2)20-7-5-6-19(15-20)17-27/h5-8,10-12,14-16,27H,4,9,13,17H2,1-3H3. The smallest absolute Gasteiger partial charge is 0.306 e. The van der Waals surface area contributed by atoms with Gasteiger partial charge in [0.2, 0.25) is 0 Å². The molecule has 0 saturated carbocycles. The number of rotatable bonds is 8. The van der Waals surface area contributed by atoms with Gasteiger partial charge in [0.1, 0.15) is 5.75 Å². The molecular formula is C26H28O4. The van der Waals surface area contributed by atoms with Crippen molar-refractivity contribution in [2.45, 2.75) is 33.3 Å². The monoisotopic (exact) mass is 404 g/mol. The molecule has 3 aromatic rings. The van der Waals surface area contributed by atoms with E-state index >= 15 is 0 Å². The van der Waals surface area contributed by atoms with Gasteiger partial charge < -0.3 is 14.6 Å². The van der Waals surface area contributed by atoms with E-state index in [1.54, 1.807) is 7.11 Å². The molecule has 0 atom stereocenters. The van der Waals surface area contributed by atoms with Gasteiger partial charge >= 0.3 is 5.97 Å². The fraction of sp³-hybridized carbons (Fsp3) is 0.269. The second-order valence-corrected chi connectivity index (χ2v) is 7.22. The molecule has 30 heavy (non-hydrogen) atoms. The third-order valence-corrected chi connectivity index (χ3v) is 5.18. The maximum atomic E-state index is 11.9. The van der Waals surface area contributed by atoms with Gasteiger partial charge in [-0.2, -0.15) is 0 Å². The predicted molar refractivity (Wildman–Crippen MR) is 119 cm³/mol. The summed E-state index contributed by atoms with van der Waals surface area (Å²) in [5.41, 5.74) is 7.49. The van der Waals surface area contributed by atoms with Gasteiger partial charge in [-0.3, -0.25) is 4.79 Å². The zero-order valence-electron chi connectivity index (χ0n) is 17.8. The molecule has 0 aliphatic carbocycles. The van der Waals surface area contributed by atoms with Crippen LogP contribution in [0.1, 0.15) is 30.0 Å². The largest absolute Gasteiger partial charge is 0.497 e. The number of ether oxygens (including phenoxy) is 2. The summed E-state index contributed by atoms with van der Waals surface area (Å²) in [6.07, 6.45) is 0.921. The van der Waals surface area contributed by atoms with E-state index in [1.807, 2.05) is 49.4 Å². The molecule has 0 bridgehead atoms. The third-order valence-electron chi connectivity index (χ3n) is 5.18. The molecule has 0 amide bonds. The van der Waals surface area contributed by atoms with Crippen LogP contribution in [0.3, 0.4) is 0 Å². The SMILES string of the molecule is CCOC(=O)CCc1cc(OC)ccc1-c1ccc(-c2cccc(CO)c2)cc1C.